The Morgan fingerprint density at radius 2 is 1.52 bits per heavy atom. The maximum absolute atomic E-state index is 7.88. The largest absolute Gasteiger partial charge is 0.460 e. The molecule has 3 rings (SSSR count). The van der Waals surface area contributed by atoms with Gasteiger partial charge in [-0.25, -0.2) is 5.43 Å². The summed E-state index contributed by atoms with van der Waals surface area (Å²) in [5.41, 5.74) is 9.65. The van der Waals surface area contributed by atoms with Crippen LogP contribution in [0.1, 0.15) is 11.1 Å². The fourth-order valence-corrected chi connectivity index (χ4v) is 2.46. The van der Waals surface area contributed by atoms with E-state index in [4.69, 9.17) is 21.7 Å². The monoisotopic (exact) mass is 306 g/mol. The minimum atomic E-state index is -1.37. The molecule has 1 aliphatic rings. The van der Waals surface area contributed by atoms with Crippen molar-refractivity contribution >= 4 is 17.2 Å². The van der Waals surface area contributed by atoms with Gasteiger partial charge in [0.05, 0.1) is 0 Å². The van der Waals surface area contributed by atoms with E-state index in [1.807, 2.05) is 66.7 Å². The van der Waals surface area contributed by atoms with Gasteiger partial charge in [0.25, 0.3) is 5.72 Å². The summed E-state index contributed by atoms with van der Waals surface area (Å²) in [7, 11) is 0. The first kappa shape index (κ1) is 15.0. The molecule has 1 atom stereocenters. The highest BCUT2D eigenvalue weighted by atomic mass is 16.5. The summed E-state index contributed by atoms with van der Waals surface area (Å²) in [5.74, 6) is 6.04. The zero-order valence-corrected chi connectivity index (χ0v) is 12.5. The fourth-order valence-electron chi connectivity index (χ4n) is 2.46. The minimum Gasteiger partial charge on any atom is -0.460 e. The normalized spacial score (nSPS) is 20.2. The average Bonchev–Trinajstić information content (AvgIpc) is 2.62. The first-order valence-corrected chi connectivity index (χ1v) is 7.21. The molecule has 0 radical (unpaired) electrons. The van der Waals surface area contributed by atoms with Gasteiger partial charge in [0.2, 0.25) is 0 Å². The minimum absolute atomic E-state index is 0.213. The van der Waals surface area contributed by atoms with Crippen LogP contribution in [-0.2, 0) is 4.74 Å². The lowest BCUT2D eigenvalue weighted by Gasteiger charge is -2.34. The predicted octanol–water partition coefficient (Wildman–Crippen LogP) is 2.24. The second-order valence-electron chi connectivity index (χ2n) is 5.24. The molecule has 1 heterocycles. The molecule has 1 aliphatic heterocycles. The van der Waals surface area contributed by atoms with Gasteiger partial charge in [-0.05, 0) is 23.3 Å². The smallest absolute Gasteiger partial charge is 0.250 e. The molecule has 116 valence electrons. The second-order valence-corrected chi connectivity index (χ2v) is 5.24. The van der Waals surface area contributed by atoms with Crippen molar-refractivity contribution in [3.05, 3.63) is 83.9 Å². The van der Waals surface area contributed by atoms with Crippen LogP contribution in [0.4, 0.5) is 0 Å². The summed E-state index contributed by atoms with van der Waals surface area (Å²) in [6.07, 6.45) is 3.64. The third kappa shape index (κ3) is 2.88. The SMILES string of the molecule is N=C(N)C1(NN)C=C(c2ccccc2)C=C(c2ccccc2)O1. The third-order valence-electron chi connectivity index (χ3n) is 3.70. The van der Waals surface area contributed by atoms with Crippen molar-refractivity contribution in [2.75, 3.05) is 0 Å². The van der Waals surface area contributed by atoms with Gasteiger partial charge in [-0.3, -0.25) is 11.3 Å². The number of allylic oxidation sites excluding steroid dienone is 2. The van der Waals surface area contributed by atoms with E-state index in [0.717, 1.165) is 16.7 Å². The maximum atomic E-state index is 7.88. The van der Waals surface area contributed by atoms with Crippen molar-refractivity contribution in [1.29, 1.82) is 5.41 Å². The van der Waals surface area contributed by atoms with Gasteiger partial charge < -0.3 is 10.5 Å². The van der Waals surface area contributed by atoms with Crippen molar-refractivity contribution in [2.45, 2.75) is 5.72 Å². The van der Waals surface area contributed by atoms with E-state index in [1.54, 1.807) is 6.08 Å². The van der Waals surface area contributed by atoms with Crippen LogP contribution in [0.2, 0.25) is 0 Å². The Bertz CT molecular complexity index is 768. The Labute approximate surface area is 134 Å². The van der Waals surface area contributed by atoms with Gasteiger partial charge in [-0.2, -0.15) is 0 Å². The summed E-state index contributed by atoms with van der Waals surface area (Å²) >= 11 is 0. The number of amidine groups is 1. The molecule has 1 unspecified atom stereocenters. The van der Waals surface area contributed by atoms with Crippen LogP contribution in [0.25, 0.3) is 11.3 Å². The predicted molar refractivity (Wildman–Crippen MR) is 91.9 cm³/mol. The molecule has 0 aromatic heterocycles. The number of rotatable bonds is 4. The number of nitrogens with two attached hydrogens (primary N) is 2. The Kier molecular flexibility index (Phi) is 3.97. The Hall–Kier alpha value is -2.89. The summed E-state index contributed by atoms with van der Waals surface area (Å²) in [4.78, 5) is 0. The van der Waals surface area contributed by atoms with Crippen LogP contribution in [0.5, 0.6) is 0 Å². The van der Waals surface area contributed by atoms with Gasteiger partial charge in [0, 0.05) is 5.56 Å². The molecule has 0 saturated carbocycles. The second kappa shape index (κ2) is 6.08. The molecular weight excluding hydrogens is 288 g/mol. The quantitative estimate of drug-likeness (QED) is 0.301. The number of hydrogen-bond donors (Lipinski definition) is 4. The molecule has 23 heavy (non-hydrogen) atoms. The maximum Gasteiger partial charge on any atom is 0.250 e. The van der Waals surface area contributed by atoms with E-state index < -0.39 is 5.72 Å². The molecule has 0 fully saturated rings. The lowest BCUT2D eigenvalue weighted by atomic mass is 9.96. The van der Waals surface area contributed by atoms with Crippen LogP contribution >= 0.6 is 0 Å². The van der Waals surface area contributed by atoms with Crippen molar-refractivity contribution in [3.8, 4) is 0 Å². The summed E-state index contributed by atoms with van der Waals surface area (Å²) < 4.78 is 5.92. The van der Waals surface area contributed by atoms with Crippen molar-refractivity contribution in [1.82, 2.24) is 5.43 Å². The molecule has 0 bridgehead atoms. The molecule has 0 spiro atoms. The van der Waals surface area contributed by atoms with Crippen molar-refractivity contribution in [2.24, 2.45) is 11.6 Å². The molecule has 5 heteroatoms. The molecule has 5 nitrogen and oxygen atoms in total. The first-order chi connectivity index (χ1) is 11.1. The standard InChI is InChI=1S/C18H18N4O/c19-17(20)18(22-21)12-15(13-7-3-1-4-8-13)11-16(23-18)14-9-5-2-6-10-14/h1-12,22H,21H2,(H3,19,20). The van der Waals surface area contributed by atoms with Crippen LogP contribution in [0.15, 0.2) is 72.8 Å². The van der Waals surface area contributed by atoms with E-state index >= 15 is 0 Å². The number of hydrogen-bond acceptors (Lipinski definition) is 4. The third-order valence-corrected chi connectivity index (χ3v) is 3.70. The lowest BCUT2D eigenvalue weighted by molar-refractivity contribution is 0.115. The molecule has 0 amide bonds. The number of ether oxygens (including phenoxy) is 1. The Balaban J connectivity index is 2.14. The molecule has 0 saturated heterocycles. The molecule has 2 aromatic rings. The van der Waals surface area contributed by atoms with Crippen LogP contribution in [-0.4, -0.2) is 11.6 Å². The first-order valence-electron chi connectivity index (χ1n) is 7.21. The van der Waals surface area contributed by atoms with Gasteiger partial charge >= 0.3 is 0 Å². The van der Waals surface area contributed by atoms with Crippen molar-refractivity contribution in [3.63, 3.8) is 0 Å². The van der Waals surface area contributed by atoms with Gasteiger partial charge in [0.1, 0.15) is 5.76 Å². The van der Waals surface area contributed by atoms with Crippen molar-refractivity contribution < 1.29 is 4.74 Å². The molecule has 2 aromatic carbocycles. The van der Waals surface area contributed by atoms with Gasteiger partial charge in [0.15, 0.2) is 5.84 Å². The molecule has 0 aliphatic carbocycles. The van der Waals surface area contributed by atoms with E-state index in [-0.39, 0.29) is 5.84 Å². The van der Waals surface area contributed by atoms with Crippen LogP contribution in [0.3, 0.4) is 0 Å². The van der Waals surface area contributed by atoms with E-state index in [1.165, 1.54) is 0 Å². The Morgan fingerprint density at radius 3 is 2.04 bits per heavy atom. The van der Waals surface area contributed by atoms with Crippen LogP contribution in [0, 0.1) is 5.41 Å². The van der Waals surface area contributed by atoms with Gasteiger partial charge in [-0.1, -0.05) is 60.7 Å². The molecular formula is C18H18N4O. The summed E-state index contributed by atoms with van der Waals surface area (Å²) in [6.45, 7) is 0. The highest BCUT2D eigenvalue weighted by molar-refractivity contribution is 5.95. The summed E-state index contributed by atoms with van der Waals surface area (Å²) in [5, 5.41) is 7.88. The Morgan fingerprint density at radius 1 is 0.957 bits per heavy atom. The van der Waals surface area contributed by atoms with E-state index in [0.29, 0.717) is 5.76 Å². The number of hydrazine groups is 1. The summed E-state index contributed by atoms with van der Waals surface area (Å²) in [6, 6.07) is 19.5. The van der Waals surface area contributed by atoms with E-state index in [2.05, 4.69) is 5.43 Å². The van der Waals surface area contributed by atoms with E-state index in [9.17, 15) is 0 Å². The highest BCUT2D eigenvalue weighted by Crippen LogP contribution is 2.33. The molecule has 6 N–H and O–H groups in total. The highest BCUT2D eigenvalue weighted by Gasteiger charge is 2.37. The zero-order valence-electron chi connectivity index (χ0n) is 12.5. The number of benzene rings is 2. The van der Waals surface area contributed by atoms with Gasteiger partial charge in [-0.15, -0.1) is 0 Å². The zero-order chi connectivity index (χ0) is 16.3. The lowest BCUT2D eigenvalue weighted by Crippen LogP contribution is -2.59. The fraction of sp³-hybridized carbons (Fsp3) is 0.0556. The average molecular weight is 306 g/mol. The van der Waals surface area contributed by atoms with Crippen LogP contribution < -0.4 is 17.0 Å². The topological polar surface area (TPSA) is 97.2 Å². The number of nitrogens with one attached hydrogen (secondary N) is 2.